The number of imidazole rings is 1. The molecular weight excluding hydrogens is 268 g/mol. The van der Waals surface area contributed by atoms with Gasteiger partial charge in [-0.05, 0) is 11.6 Å². The van der Waals surface area contributed by atoms with Crippen molar-refractivity contribution < 1.29 is 4.74 Å². The lowest BCUT2D eigenvalue weighted by Crippen LogP contribution is -2.03. The lowest BCUT2D eigenvalue weighted by Gasteiger charge is -2.10. The summed E-state index contributed by atoms with van der Waals surface area (Å²) >= 11 is 0. The summed E-state index contributed by atoms with van der Waals surface area (Å²) in [6.07, 6.45) is 3.15. The zero-order valence-electron chi connectivity index (χ0n) is 11.7. The smallest absolute Gasteiger partial charge is 0.165 e. The highest BCUT2D eigenvalue weighted by Gasteiger charge is 2.09. The Kier molecular flexibility index (Phi) is 3.41. The third-order valence-corrected chi connectivity index (χ3v) is 3.35. The third kappa shape index (κ3) is 2.38. The van der Waals surface area contributed by atoms with Crippen LogP contribution in [0.2, 0.25) is 0 Å². The average Bonchev–Trinajstić information content (AvgIpc) is 2.92. The van der Waals surface area contributed by atoms with E-state index < -0.39 is 0 Å². The highest BCUT2D eigenvalue weighted by molar-refractivity contribution is 5.81. The van der Waals surface area contributed by atoms with Crippen LogP contribution in [0.25, 0.3) is 11.2 Å². The Hall–Kier alpha value is -2.67. The van der Waals surface area contributed by atoms with Gasteiger partial charge in [0.1, 0.15) is 17.6 Å². The summed E-state index contributed by atoms with van der Waals surface area (Å²) in [5.74, 6) is 1.17. The first kappa shape index (κ1) is 13.3. The number of benzene rings is 1. The average molecular weight is 284 g/mol. The van der Waals surface area contributed by atoms with Gasteiger partial charge >= 0.3 is 0 Å². The van der Waals surface area contributed by atoms with Crippen molar-refractivity contribution in [3.63, 3.8) is 0 Å². The summed E-state index contributed by atoms with van der Waals surface area (Å²) in [5.41, 5.74) is 14.8. The van der Waals surface area contributed by atoms with E-state index in [1.807, 2.05) is 22.8 Å². The molecule has 0 amide bonds. The molecule has 0 aliphatic heterocycles. The molecule has 108 valence electrons. The molecule has 2 aromatic heterocycles. The number of nitrogens with two attached hydrogens (primary N) is 2. The fraction of sp³-hybridized carbons (Fsp3) is 0.214. The van der Waals surface area contributed by atoms with Gasteiger partial charge in [-0.25, -0.2) is 15.0 Å². The number of aromatic nitrogens is 4. The van der Waals surface area contributed by atoms with E-state index in [0.717, 1.165) is 16.9 Å². The number of methoxy groups -OCH3 is 1. The molecule has 0 fully saturated rings. The second kappa shape index (κ2) is 5.37. The van der Waals surface area contributed by atoms with Gasteiger partial charge in [-0.15, -0.1) is 0 Å². The van der Waals surface area contributed by atoms with Crippen molar-refractivity contribution in [2.45, 2.75) is 13.1 Å². The van der Waals surface area contributed by atoms with E-state index in [-0.39, 0.29) is 0 Å². The normalized spacial score (nSPS) is 11.0. The lowest BCUT2D eigenvalue weighted by atomic mass is 10.1. The summed E-state index contributed by atoms with van der Waals surface area (Å²) < 4.78 is 7.27. The van der Waals surface area contributed by atoms with Gasteiger partial charge in [-0.3, -0.25) is 0 Å². The molecule has 1 aromatic carbocycles. The maximum absolute atomic E-state index is 5.79. The van der Waals surface area contributed by atoms with Crippen LogP contribution in [-0.4, -0.2) is 26.6 Å². The van der Waals surface area contributed by atoms with Crippen LogP contribution < -0.4 is 16.2 Å². The predicted octanol–water partition coefficient (Wildman–Crippen LogP) is 0.924. The van der Waals surface area contributed by atoms with Gasteiger partial charge in [-0.2, -0.15) is 0 Å². The number of nitrogens with zero attached hydrogens (tertiary/aromatic N) is 4. The first-order valence-corrected chi connectivity index (χ1v) is 6.50. The number of hydrogen-bond acceptors (Lipinski definition) is 6. The zero-order chi connectivity index (χ0) is 14.8. The molecule has 0 atom stereocenters. The minimum absolute atomic E-state index is 0.384. The monoisotopic (exact) mass is 284 g/mol. The predicted molar refractivity (Wildman–Crippen MR) is 79.7 cm³/mol. The van der Waals surface area contributed by atoms with Gasteiger partial charge in [-0.1, -0.05) is 12.1 Å². The van der Waals surface area contributed by atoms with Crippen LogP contribution in [0, 0.1) is 0 Å². The summed E-state index contributed by atoms with van der Waals surface area (Å²) in [5, 5.41) is 0. The number of anilines is 1. The Balaban J connectivity index is 1.97. The second-order valence-electron chi connectivity index (χ2n) is 4.65. The van der Waals surface area contributed by atoms with E-state index in [9.17, 15) is 0 Å². The highest BCUT2D eigenvalue weighted by atomic mass is 16.5. The van der Waals surface area contributed by atoms with Gasteiger partial charge < -0.3 is 20.8 Å². The number of ether oxygens (including phenoxy) is 1. The van der Waals surface area contributed by atoms with Crippen molar-refractivity contribution in [1.29, 1.82) is 0 Å². The van der Waals surface area contributed by atoms with Crippen LogP contribution in [0.3, 0.4) is 0 Å². The van der Waals surface area contributed by atoms with Gasteiger partial charge in [0.05, 0.1) is 20.0 Å². The van der Waals surface area contributed by atoms with E-state index in [4.69, 9.17) is 16.2 Å². The number of rotatable bonds is 4. The van der Waals surface area contributed by atoms with Crippen molar-refractivity contribution >= 4 is 17.0 Å². The molecule has 7 heteroatoms. The first-order chi connectivity index (χ1) is 10.2. The molecule has 0 saturated heterocycles. The van der Waals surface area contributed by atoms with Gasteiger partial charge in [0, 0.05) is 12.1 Å². The number of hydrogen-bond donors (Lipinski definition) is 2. The standard InChI is InChI=1S/C14H16N6O/c1-21-11-4-9(2-3-10(11)5-15)6-20-8-19-12-13(16)17-7-18-14(12)20/h2-4,7-8H,5-6,15H2,1H3,(H2,16,17,18). The molecule has 2 heterocycles. The molecule has 0 radical (unpaired) electrons. The molecule has 3 aromatic rings. The number of nitrogen functional groups attached to an aromatic ring is 1. The molecule has 0 bridgehead atoms. The molecule has 0 aliphatic carbocycles. The van der Waals surface area contributed by atoms with Gasteiger partial charge in [0.15, 0.2) is 11.5 Å². The van der Waals surface area contributed by atoms with Crippen LogP contribution in [0.5, 0.6) is 5.75 Å². The minimum Gasteiger partial charge on any atom is -0.496 e. The van der Waals surface area contributed by atoms with Gasteiger partial charge in [0.25, 0.3) is 0 Å². The molecule has 4 N–H and O–H groups in total. The molecule has 0 saturated carbocycles. The van der Waals surface area contributed by atoms with Crippen molar-refractivity contribution in [3.8, 4) is 5.75 Å². The van der Waals surface area contributed by atoms with Crippen molar-refractivity contribution in [3.05, 3.63) is 42.0 Å². The van der Waals surface area contributed by atoms with Crippen molar-refractivity contribution in [1.82, 2.24) is 19.5 Å². The van der Waals surface area contributed by atoms with Crippen LogP contribution in [-0.2, 0) is 13.1 Å². The van der Waals surface area contributed by atoms with E-state index in [2.05, 4.69) is 15.0 Å². The Morgan fingerprint density at radius 1 is 1.24 bits per heavy atom. The molecular formula is C14H16N6O. The summed E-state index contributed by atoms with van der Waals surface area (Å²) in [7, 11) is 1.64. The maximum atomic E-state index is 5.79. The molecule has 0 aliphatic rings. The van der Waals surface area contributed by atoms with Crippen molar-refractivity contribution in [2.75, 3.05) is 12.8 Å². The topological polar surface area (TPSA) is 105 Å². The van der Waals surface area contributed by atoms with Crippen LogP contribution >= 0.6 is 0 Å². The summed E-state index contributed by atoms with van der Waals surface area (Å²) in [6, 6.07) is 5.95. The summed E-state index contributed by atoms with van der Waals surface area (Å²) in [6.45, 7) is 1.06. The Morgan fingerprint density at radius 3 is 2.86 bits per heavy atom. The Morgan fingerprint density at radius 2 is 2.10 bits per heavy atom. The highest BCUT2D eigenvalue weighted by Crippen LogP contribution is 2.21. The van der Waals surface area contributed by atoms with E-state index in [1.165, 1.54) is 6.33 Å². The van der Waals surface area contributed by atoms with Gasteiger partial charge in [0.2, 0.25) is 0 Å². The molecule has 7 nitrogen and oxygen atoms in total. The van der Waals surface area contributed by atoms with E-state index in [1.54, 1.807) is 13.4 Å². The molecule has 21 heavy (non-hydrogen) atoms. The first-order valence-electron chi connectivity index (χ1n) is 6.50. The van der Waals surface area contributed by atoms with Crippen molar-refractivity contribution in [2.24, 2.45) is 5.73 Å². The van der Waals surface area contributed by atoms with E-state index in [0.29, 0.717) is 30.1 Å². The fourth-order valence-electron chi connectivity index (χ4n) is 2.27. The molecule has 0 unspecified atom stereocenters. The zero-order valence-corrected chi connectivity index (χ0v) is 11.7. The molecule has 3 rings (SSSR count). The van der Waals surface area contributed by atoms with Crippen LogP contribution in [0.4, 0.5) is 5.82 Å². The molecule has 0 spiro atoms. The summed E-state index contributed by atoms with van der Waals surface area (Å²) in [4.78, 5) is 12.4. The third-order valence-electron chi connectivity index (χ3n) is 3.35. The Labute approximate surface area is 121 Å². The minimum atomic E-state index is 0.384. The number of fused-ring (bicyclic) bond motifs is 1. The maximum Gasteiger partial charge on any atom is 0.165 e. The lowest BCUT2D eigenvalue weighted by molar-refractivity contribution is 0.409. The Bertz CT molecular complexity index is 782. The quantitative estimate of drug-likeness (QED) is 0.738. The van der Waals surface area contributed by atoms with Crippen LogP contribution in [0.15, 0.2) is 30.9 Å². The second-order valence-corrected chi connectivity index (χ2v) is 4.65. The van der Waals surface area contributed by atoms with Crippen LogP contribution in [0.1, 0.15) is 11.1 Å². The largest absolute Gasteiger partial charge is 0.496 e. The fourth-order valence-corrected chi connectivity index (χ4v) is 2.27. The SMILES string of the molecule is COc1cc(Cn2cnc3c(N)ncnc32)ccc1CN. The van der Waals surface area contributed by atoms with E-state index >= 15 is 0 Å².